The first-order chi connectivity index (χ1) is 12.8. The van der Waals surface area contributed by atoms with E-state index in [1.165, 1.54) is 12.3 Å². The Morgan fingerprint density at radius 1 is 0.926 bits per heavy atom. The Balaban J connectivity index is 2.03. The SMILES string of the molecule is CC(C)Nc1nc(Nc2ccncc2C(F)(F)F)nc(-c2ccccc2)n1. The van der Waals surface area contributed by atoms with Gasteiger partial charge < -0.3 is 10.6 Å². The number of pyridine rings is 1. The van der Waals surface area contributed by atoms with Crippen molar-refractivity contribution < 1.29 is 13.2 Å². The van der Waals surface area contributed by atoms with Crippen LogP contribution in [0.5, 0.6) is 0 Å². The molecule has 1 aromatic carbocycles. The predicted octanol–water partition coefficient (Wildman–Crippen LogP) is 4.52. The third kappa shape index (κ3) is 4.69. The summed E-state index contributed by atoms with van der Waals surface area (Å²) in [4.78, 5) is 16.4. The number of hydrogen-bond donors (Lipinski definition) is 2. The fraction of sp³-hybridized carbons (Fsp3) is 0.222. The van der Waals surface area contributed by atoms with Crippen molar-refractivity contribution in [2.75, 3.05) is 10.6 Å². The van der Waals surface area contributed by atoms with Gasteiger partial charge in [0.25, 0.3) is 0 Å². The van der Waals surface area contributed by atoms with Crippen molar-refractivity contribution in [2.45, 2.75) is 26.1 Å². The highest BCUT2D eigenvalue weighted by Crippen LogP contribution is 2.35. The van der Waals surface area contributed by atoms with Crippen LogP contribution in [-0.2, 0) is 6.18 Å². The lowest BCUT2D eigenvalue weighted by Gasteiger charge is -2.15. The Morgan fingerprint density at radius 2 is 1.63 bits per heavy atom. The minimum atomic E-state index is -4.55. The van der Waals surface area contributed by atoms with Crippen molar-refractivity contribution in [3.8, 4) is 11.4 Å². The van der Waals surface area contributed by atoms with Crippen LogP contribution in [0.2, 0.25) is 0 Å². The molecule has 140 valence electrons. The second-order valence-corrected chi connectivity index (χ2v) is 6.02. The van der Waals surface area contributed by atoms with Crippen molar-refractivity contribution in [1.82, 2.24) is 19.9 Å². The van der Waals surface area contributed by atoms with Crippen LogP contribution < -0.4 is 10.6 Å². The van der Waals surface area contributed by atoms with Gasteiger partial charge in [0.1, 0.15) is 0 Å². The van der Waals surface area contributed by atoms with Gasteiger partial charge in [-0.1, -0.05) is 30.3 Å². The maximum absolute atomic E-state index is 13.2. The molecule has 27 heavy (non-hydrogen) atoms. The zero-order valence-corrected chi connectivity index (χ0v) is 14.6. The average molecular weight is 374 g/mol. The second-order valence-electron chi connectivity index (χ2n) is 6.02. The number of halogens is 3. The number of nitrogens with zero attached hydrogens (tertiary/aromatic N) is 4. The third-order valence-corrected chi connectivity index (χ3v) is 3.46. The Bertz CT molecular complexity index is 912. The molecule has 0 radical (unpaired) electrons. The van der Waals surface area contributed by atoms with Gasteiger partial charge in [0.05, 0.1) is 11.3 Å². The van der Waals surface area contributed by atoms with Crippen molar-refractivity contribution >= 4 is 17.6 Å². The van der Waals surface area contributed by atoms with Gasteiger partial charge in [-0.3, -0.25) is 4.98 Å². The maximum Gasteiger partial charge on any atom is 0.419 e. The third-order valence-electron chi connectivity index (χ3n) is 3.46. The fourth-order valence-electron chi connectivity index (χ4n) is 2.32. The van der Waals surface area contributed by atoms with Crippen LogP contribution in [0.1, 0.15) is 19.4 Å². The van der Waals surface area contributed by atoms with E-state index in [9.17, 15) is 13.2 Å². The van der Waals surface area contributed by atoms with Crippen LogP contribution in [-0.4, -0.2) is 26.0 Å². The molecule has 0 bridgehead atoms. The molecule has 2 heterocycles. The molecule has 0 saturated heterocycles. The first-order valence-corrected chi connectivity index (χ1v) is 8.19. The molecule has 0 fully saturated rings. The van der Waals surface area contributed by atoms with Crippen LogP contribution in [0.25, 0.3) is 11.4 Å². The standard InChI is InChI=1S/C18H17F3N6/c1-11(2)23-16-25-15(12-6-4-3-5-7-12)26-17(27-16)24-14-8-9-22-10-13(14)18(19,20)21/h3-11H,1-2H3,(H2,22,23,24,25,26,27). The Kier molecular flexibility index (Phi) is 5.20. The van der Waals surface area contributed by atoms with E-state index in [2.05, 4.69) is 30.6 Å². The van der Waals surface area contributed by atoms with Gasteiger partial charge in [-0.15, -0.1) is 0 Å². The predicted molar refractivity (Wildman–Crippen MR) is 96.5 cm³/mol. The van der Waals surface area contributed by atoms with Crippen LogP contribution in [0.15, 0.2) is 48.8 Å². The zero-order valence-electron chi connectivity index (χ0n) is 14.6. The van der Waals surface area contributed by atoms with E-state index in [-0.39, 0.29) is 23.6 Å². The summed E-state index contributed by atoms with van der Waals surface area (Å²) in [5, 5.41) is 5.69. The average Bonchev–Trinajstić information content (AvgIpc) is 2.61. The molecule has 3 rings (SSSR count). The summed E-state index contributed by atoms with van der Waals surface area (Å²) in [6.07, 6.45) is -2.52. The minimum Gasteiger partial charge on any atom is -0.352 e. The summed E-state index contributed by atoms with van der Waals surface area (Å²) in [6.45, 7) is 3.81. The molecule has 3 aromatic rings. The molecule has 0 spiro atoms. The van der Waals surface area contributed by atoms with Gasteiger partial charge in [-0.2, -0.15) is 28.1 Å². The summed E-state index contributed by atoms with van der Waals surface area (Å²) >= 11 is 0. The van der Waals surface area contributed by atoms with Crippen molar-refractivity contribution in [3.05, 3.63) is 54.4 Å². The van der Waals surface area contributed by atoms with Crippen molar-refractivity contribution in [2.24, 2.45) is 0 Å². The summed E-state index contributed by atoms with van der Waals surface area (Å²) < 4.78 is 39.6. The molecule has 0 aliphatic rings. The first-order valence-electron chi connectivity index (χ1n) is 8.19. The number of rotatable bonds is 5. The Hall–Kier alpha value is -3.23. The topological polar surface area (TPSA) is 75.6 Å². The van der Waals surface area contributed by atoms with Crippen LogP contribution >= 0.6 is 0 Å². The Morgan fingerprint density at radius 3 is 2.30 bits per heavy atom. The number of benzene rings is 1. The van der Waals surface area contributed by atoms with Crippen LogP contribution in [0, 0.1) is 0 Å². The van der Waals surface area contributed by atoms with E-state index in [4.69, 9.17) is 0 Å². The number of anilines is 3. The lowest BCUT2D eigenvalue weighted by molar-refractivity contribution is -0.137. The summed E-state index contributed by atoms with van der Waals surface area (Å²) in [6, 6.07) is 10.4. The van der Waals surface area contributed by atoms with Gasteiger partial charge in [-0.05, 0) is 19.9 Å². The molecule has 2 aromatic heterocycles. The van der Waals surface area contributed by atoms with Gasteiger partial charge in [0.15, 0.2) is 5.82 Å². The van der Waals surface area contributed by atoms with E-state index in [1.807, 2.05) is 44.2 Å². The van der Waals surface area contributed by atoms with E-state index >= 15 is 0 Å². The van der Waals surface area contributed by atoms with Crippen LogP contribution in [0.4, 0.5) is 30.8 Å². The summed E-state index contributed by atoms with van der Waals surface area (Å²) in [5.74, 6) is 0.617. The highest BCUT2D eigenvalue weighted by Gasteiger charge is 2.34. The first kappa shape index (κ1) is 18.6. The lowest BCUT2D eigenvalue weighted by Crippen LogP contribution is -2.15. The van der Waals surface area contributed by atoms with E-state index < -0.39 is 11.7 Å². The van der Waals surface area contributed by atoms with Crippen LogP contribution in [0.3, 0.4) is 0 Å². The lowest BCUT2D eigenvalue weighted by atomic mass is 10.2. The number of aromatic nitrogens is 4. The largest absolute Gasteiger partial charge is 0.419 e. The second kappa shape index (κ2) is 7.56. The van der Waals surface area contributed by atoms with Gasteiger partial charge in [-0.25, -0.2) is 0 Å². The monoisotopic (exact) mass is 374 g/mol. The van der Waals surface area contributed by atoms with Crippen molar-refractivity contribution in [1.29, 1.82) is 0 Å². The van der Waals surface area contributed by atoms with E-state index in [0.717, 1.165) is 11.8 Å². The van der Waals surface area contributed by atoms with Gasteiger partial charge in [0, 0.05) is 24.0 Å². The smallest absolute Gasteiger partial charge is 0.352 e. The zero-order chi connectivity index (χ0) is 19.4. The number of nitrogens with one attached hydrogen (secondary N) is 2. The molecule has 0 amide bonds. The highest BCUT2D eigenvalue weighted by atomic mass is 19.4. The minimum absolute atomic E-state index is 0.00343. The molecule has 0 atom stereocenters. The number of alkyl halides is 3. The molecular formula is C18H17F3N6. The molecule has 9 heteroatoms. The van der Waals surface area contributed by atoms with Crippen molar-refractivity contribution in [3.63, 3.8) is 0 Å². The van der Waals surface area contributed by atoms with Gasteiger partial charge >= 0.3 is 6.18 Å². The molecule has 0 aliphatic heterocycles. The molecule has 0 unspecified atom stereocenters. The molecule has 6 nitrogen and oxygen atoms in total. The molecule has 2 N–H and O–H groups in total. The van der Waals surface area contributed by atoms with E-state index in [1.54, 1.807) is 0 Å². The molecule has 0 aliphatic carbocycles. The Labute approximate surface area is 153 Å². The van der Waals surface area contributed by atoms with Gasteiger partial charge in [0.2, 0.25) is 11.9 Å². The maximum atomic E-state index is 13.2. The molecule has 0 saturated carbocycles. The highest BCUT2D eigenvalue weighted by molar-refractivity contribution is 5.63. The molecular weight excluding hydrogens is 357 g/mol. The number of hydrogen-bond acceptors (Lipinski definition) is 6. The normalized spacial score (nSPS) is 11.5. The summed E-state index contributed by atoms with van der Waals surface area (Å²) in [7, 11) is 0. The fourth-order valence-corrected chi connectivity index (χ4v) is 2.32. The van der Waals surface area contributed by atoms with E-state index in [0.29, 0.717) is 5.82 Å². The summed E-state index contributed by atoms with van der Waals surface area (Å²) in [5.41, 5.74) is -0.358. The quantitative estimate of drug-likeness (QED) is 0.684.